The molecule has 0 radical (unpaired) electrons. The van der Waals surface area contributed by atoms with E-state index in [-0.39, 0.29) is 5.41 Å². The Kier molecular flexibility index (Phi) is 2.14. The summed E-state index contributed by atoms with van der Waals surface area (Å²) in [5.74, 6) is 1.54. The first-order chi connectivity index (χ1) is 7.02. The summed E-state index contributed by atoms with van der Waals surface area (Å²) in [7, 11) is 1.64. The van der Waals surface area contributed by atoms with Crippen LogP contribution in [0.25, 0.3) is 5.52 Å². The lowest BCUT2D eigenvalue weighted by molar-refractivity contribution is 0.383. The van der Waals surface area contributed by atoms with Crippen LogP contribution in [0.15, 0.2) is 18.3 Å². The maximum Gasteiger partial charge on any atom is 0.214 e. The third-order valence-electron chi connectivity index (χ3n) is 2.24. The molecule has 80 valence electrons. The molecule has 0 aliphatic rings. The normalized spacial score (nSPS) is 12.0. The van der Waals surface area contributed by atoms with Crippen molar-refractivity contribution in [3.63, 3.8) is 0 Å². The lowest BCUT2D eigenvalue weighted by Gasteiger charge is -2.16. The van der Waals surface area contributed by atoms with Gasteiger partial charge in [0.1, 0.15) is 0 Å². The van der Waals surface area contributed by atoms with Crippen molar-refractivity contribution in [2.24, 2.45) is 0 Å². The Morgan fingerprint density at radius 2 is 2.00 bits per heavy atom. The third kappa shape index (κ3) is 1.67. The van der Waals surface area contributed by atoms with Crippen LogP contribution >= 0.6 is 0 Å². The smallest absolute Gasteiger partial charge is 0.214 e. The average Bonchev–Trinajstić information content (AvgIpc) is 2.57. The van der Waals surface area contributed by atoms with Crippen molar-refractivity contribution < 1.29 is 4.74 Å². The summed E-state index contributed by atoms with van der Waals surface area (Å²) in [6, 6.07) is 3.82. The quantitative estimate of drug-likeness (QED) is 0.715. The first-order valence-electron chi connectivity index (χ1n) is 4.91. The van der Waals surface area contributed by atoms with Crippen LogP contribution in [0.3, 0.4) is 0 Å². The second kappa shape index (κ2) is 3.22. The Labute approximate surface area is 88.9 Å². The van der Waals surface area contributed by atoms with Gasteiger partial charge in [-0.15, -0.1) is 5.10 Å². The van der Waals surface area contributed by atoms with E-state index < -0.39 is 0 Å². The summed E-state index contributed by atoms with van der Waals surface area (Å²) in [5, 5.41) is 4.46. The minimum Gasteiger partial charge on any atom is -0.481 e. The van der Waals surface area contributed by atoms with E-state index in [0.717, 1.165) is 17.2 Å². The van der Waals surface area contributed by atoms with Crippen molar-refractivity contribution in [1.29, 1.82) is 0 Å². The predicted molar refractivity (Wildman–Crippen MR) is 58.2 cm³/mol. The van der Waals surface area contributed by atoms with Crippen LogP contribution in [-0.4, -0.2) is 21.7 Å². The van der Waals surface area contributed by atoms with Gasteiger partial charge in [-0.1, -0.05) is 20.8 Å². The molecule has 4 nitrogen and oxygen atoms in total. The van der Waals surface area contributed by atoms with Gasteiger partial charge in [-0.3, -0.25) is 0 Å². The molecule has 0 spiro atoms. The highest BCUT2D eigenvalue weighted by Crippen LogP contribution is 2.20. The molecule has 0 saturated carbocycles. The molecule has 2 aromatic heterocycles. The van der Waals surface area contributed by atoms with E-state index in [4.69, 9.17) is 4.74 Å². The highest BCUT2D eigenvalue weighted by atomic mass is 16.5. The van der Waals surface area contributed by atoms with Crippen LogP contribution < -0.4 is 4.74 Å². The second-order valence-corrected chi connectivity index (χ2v) is 4.54. The largest absolute Gasteiger partial charge is 0.481 e. The van der Waals surface area contributed by atoms with Crippen LogP contribution in [0.4, 0.5) is 0 Å². The molecule has 0 unspecified atom stereocenters. The van der Waals surface area contributed by atoms with E-state index >= 15 is 0 Å². The summed E-state index contributed by atoms with van der Waals surface area (Å²) in [5.41, 5.74) is 0.892. The van der Waals surface area contributed by atoms with Gasteiger partial charge >= 0.3 is 0 Å². The monoisotopic (exact) mass is 205 g/mol. The zero-order chi connectivity index (χ0) is 11.1. The lowest BCUT2D eigenvalue weighted by atomic mass is 9.96. The highest BCUT2D eigenvalue weighted by Gasteiger charge is 2.18. The molecule has 0 amide bonds. The van der Waals surface area contributed by atoms with Crippen LogP contribution in [0, 0.1) is 0 Å². The lowest BCUT2D eigenvalue weighted by Crippen LogP contribution is -2.17. The minimum atomic E-state index is -0.0521. The topological polar surface area (TPSA) is 39.4 Å². The van der Waals surface area contributed by atoms with Crippen molar-refractivity contribution in [2.45, 2.75) is 26.2 Å². The van der Waals surface area contributed by atoms with Crippen LogP contribution in [0.5, 0.6) is 5.88 Å². The van der Waals surface area contributed by atoms with Gasteiger partial charge in [0.2, 0.25) is 5.88 Å². The number of nitrogens with zero attached hydrogens (tertiary/aromatic N) is 3. The second-order valence-electron chi connectivity index (χ2n) is 4.54. The van der Waals surface area contributed by atoms with Gasteiger partial charge in [0, 0.05) is 11.5 Å². The highest BCUT2D eigenvalue weighted by molar-refractivity contribution is 5.48. The van der Waals surface area contributed by atoms with Gasteiger partial charge < -0.3 is 4.74 Å². The molecule has 0 bridgehead atoms. The van der Waals surface area contributed by atoms with Gasteiger partial charge in [0.25, 0.3) is 0 Å². The van der Waals surface area contributed by atoms with Crippen LogP contribution in [-0.2, 0) is 5.41 Å². The fourth-order valence-corrected chi connectivity index (χ4v) is 1.38. The predicted octanol–water partition coefficient (Wildman–Crippen LogP) is 2.04. The third-order valence-corrected chi connectivity index (χ3v) is 2.24. The molecule has 0 aliphatic heterocycles. The maximum absolute atomic E-state index is 5.21. The van der Waals surface area contributed by atoms with Gasteiger partial charge in [-0.25, -0.2) is 4.98 Å². The van der Waals surface area contributed by atoms with Crippen molar-refractivity contribution >= 4 is 5.52 Å². The summed E-state index contributed by atoms with van der Waals surface area (Å²) < 4.78 is 6.98. The Morgan fingerprint density at radius 3 is 2.60 bits per heavy atom. The molecule has 0 N–H and O–H groups in total. The molecule has 2 heterocycles. The summed E-state index contributed by atoms with van der Waals surface area (Å²) >= 11 is 0. The van der Waals surface area contributed by atoms with E-state index in [2.05, 4.69) is 30.9 Å². The molecule has 0 aromatic carbocycles. The number of fused-ring (bicyclic) bond motifs is 1. The standard InChI is InChI=1S/C11H15N3O/c1-11(2,3)10-12-7-8-5-6-9(15-4)14(8)13-10/h5-7H,1-4H3. The zero-order valence-corrected chi connectivity index (χ0v) is 9.48. The molecule has 2 aromatic rings. The molecular formula is C11H15N3O. The van der Waals surface area contributed by atoms with E-state index in [0.29, 0.717) is 0 Å². The number of methoxy groups -OCH3 is 1. The van der Waals surface area contributed by atoms with Crippen molar-refractivity contribution in [3.05, 3.63) is 24.2 Å². The SMILES string of the molecule is COc1ccc2cnc(C(C)(C)C)nn12. The van der Waals surface area contributed by atoms with Crippen molar-refractivity contribution in [1.82, 2.24) is 14.6 Å². The molecule has 0 aliphatic carbocycles. The zero-order valence-electron chi connectivity index (χ0n) is 9.48. The number of hydrogen-bond donors (Lipinski definition) is 0. The van der Waals surface area contributed by atoms with Crippen molar-refractivity contribution in [3.8, 4) is 5.88 Å². The number of aromatic nitrogens is 3. The van der Waals surface area contributed by atoms with E-state index in [1.807, 2.05) is 18.3 Å². The Hall–Kier alpha value is -1.58. The van der Waals surface area contributed by atoms with Gasteiger partial charge in [0.05, 0.1) is 18.8 Å². The molecule has 0 atom stereocenters. The molecule has 0 saturated heterocycles. The van der Waals surface area contributed by atoms with Crippen LogP contribution in [0.1, 0.15) is 26.6 Å². The number of hydrogen-bond acceptors (Lipinski definition) is 3. The van der Waals surface area contributed by atoms with Gasteiger partial charge in [-0.05, 0) is 6.07 Å². The maximum atomic E-state index is 5.21. The molecule has 0 fully saturated rings. The molecular weight excluding hydrogens is 190 g/mol. The Balaban J connectivity index is 2.63. The number of rotatable bonds is 1. The van der Waals surface area contributed by atoms with E-state index in [1.165, 1.54) is 0 Å². The first kappa shape index (κ1) is 9.96. The fraction of sp³-hybridized carbons (Fsp3) is 0.455. The van der Waals surface area contributed by atoms with Crippen LogP contribution in [0.2, 0.25) is 0 Å². The Bertz CT molecular complexity index is 482. The average molecular weight is 205 g/mol. The van der Waals surface area contributed by atoms with Crippen molar-refractivity contribution in [2.75, 3.05) is 7.11 Å². The summed E-state index contributed by atoms with van der Waals surface area (Å²) in [6.07, 6.45) is 1.82. The first-order valence-corrected chi connectivity index (χ1v) is 4.91. The van der Waals surface area contributed by atoms with Gasteiger partial charge in [0.15, 0.2) is 5.82 Å². The molecule has 15 heavy (non-hydrogen) atoms. The summed E-state index contributed by atoms with van der Waals surface area (Å²) in [4.78, 5) is 4.34. The minimum absolute atomic E-state index is 0.0521. The molecule has 2 rings (SSSR count). The Morgan fingerprint density at radius 1 is 1.27 bits per heavy atom. The number of ether oxygens (including phenoxy) is 1. The summed E-state index contributed by atoms with van der Waals surface area (Å²) in [6.45, 7) is 6.26. The fourth-order valence-electron chi connectivity index (χ4n) is 1.38. The van der Waals surface area contributed by atoms with Gasteiger partial charge in [-0.2, -0.15) is 4.52 Å². The van der Waals surface area contributed by atoms with E-state index in [1.54, 1.807) is 11.6 Å². The molecule has 4 heteroatoms. The van der Waals surface area contributed by atoms with E-state index in [9.17, 15) is 0 Å².